The normalized spacial score (nSPS) is 11.5. The molecule has 146 valence electrons. The molecule has 0 bridgehead atoms. The number of rotatable bonds is 7. The Morgan fingerprint density at radius 1 is 1.22 bits per heavy atom. The van der Waals surface area contributed by atoms with Crippen LogP contribution in [-0.2, 0) is 10.0 Å². The fourth-order valence-corrected chi connectivity index (χ4v) is 4.29. The third-order valence-electron chi connectivity index (χ3n) is 3.95. The highest BCUT2D eigenvalue weighted by atomic mass is 35.5. The summed E-state index contributed by atoms with van der Waals surface area (Å²) in [4.78, 5) is 12.5. The van der Waals surface area contributed by atoms with Crippen molar-refractivity contribution in [3.8, 4) is 5.75 Å². The van der Waals surface area contributed by atoms with Crippen LogP contribution in [-0.4, -0.2) is 38.8 Å². The number of hydrogen-bond acceptors (Lipinski definition) is 4. The average Bonchev–Trinajstić information content (AvgIpc) is 2.62. The molecule has 2 aromatic carbocycles. The lowest BCUT2D eigenvalue weighted by molar-refractivity contribution is 0.102. The molecule has 1 N–H and O–H groups in total. The number of halogens is 2. The lowest BCUT2D eigenvalue weighted by Crippen LogP contribution is -2.30. The molecule has 0 radical (unpaired) electrons. The van der Waals surface area contributed by atoms with Crippen molar-refractivity contribution in [1.82, 2.24) is 4.31 Å². The van der Waals surface area contributed by atoms with Crippen molar-refractivity contribution in [3.05, 3.63) is 52.8 Å². The molecular weight excluding hydrogens is 395 g/mol. The second-order valence-electron chi connectivity index (χ2n) is 5.50. The van der Waals surface area contributed by atoms with Gasteiger partial charge in [-0.1, -0.05) is 31.5 Å². The largest absolute Gasteiger partial charge is 0.495 e. The Balaban J connectivity index is 2.46. The number of anilines is 1. The number of sulfonamides is 1. The topological polar surface area (TPSA) is 75.7 Å². The molecule has 0 aliphatic rings. The predicted molar refractivity (Wildman–Crippen MR) is 102 cm³/mol. The maximum atomic E-state index is 14.0. The Morgan fingerprint density at radius 2 is 1.89 bits per heavy atom. The van der Waals surface area contributed by atoms with E-state index in [0.29, 0.717) is 13.1 Å². The third kappa shape index (κ3) is 4.40. The van der Waals surface area contributed by atoms with Crippen LogP contribution in [0.2, 0.25) is 5.02 Å². The number of nitrogens with zero attached hydrogens (tertiary/aromatic N) is 1. The molecule has 9 heteroatoms. The molecule has 6 nitrogen and oxygen atoms in total. The number of nitrogens with one attached hydrogen (secondary N) is 1. The maximum absolute atomic E-state index is 14.0. The van der Waals surface area contributed by atoms with Crippen LogP contribution in [0.3, 0.4) is 0 Å². The smallest absolute Gasteiger partial charge is 0.260 e. The van der Waals surface area contributed by atoms with Gasteiger partial charge in [0.1, 0.15) is 11.6 Å². The Labute approximate surface area is 162 Å². The van der Waals surface area contributed by atoms with Crippen LogP contribution in [0.5, 0.6) is 5.75 Å². The van der Waals surface area contributed by atoms with Crippen LogP contribution in [0.4, 0.5) is 10.1 Å². The molecule has 0 saturated heterocycles. The first kappa shape index (κ1) is 21.1. The van der Waals surface area contributed by atoms with E-state index in [1.807, 2.05) is 0 Å². The molecule has 27 heavy (non-hydrogen) atoms. The molecule has 0 unspecified atom stereocenters. The van der Waals surface area contributed by atoms with Crippen molar-refractivity contribution >= 4 is 33.2 Å². The minimum atomic E-state index is -3.74. The summed E-state index contributed by atoms with van der Waals surface area (Å²) in [5, 5.41) is 2.42. The van der Waals surface area contributed by atoms with Gasteiger partial charge in [0.15, 0.2) is 0 Å². The molecule has 0 saturated carbocycles. The minimum Gasteiger partial charge on any atom is -0.495 e. The lowest BCUT2D eigenvalue weighted by Gasteiger charge is -2.19. The molecule has 2 aromatic rings. The minimum absolute atomic E-state index is 0.0121. The Morgan fingerprint density at radius 3 is 2.44 bits per heavy atom. The number of benzene rings is 2. The molecule has 2 rings (SSSR count). The van der Waals surface area contributed by atoms with Crippen molar-refractivity contribution in [3.63, 3.8) is 0 Å². The van der Waals surface area contributed by atoms with Crippen LogP contribution < -0.4 is 10.1 Å². The van der Waals surface area contributed by atoms with E-state index in [-0.39, 0.29) is 26.9 Å². The molecule has 0 aliphatic heterocycles. The van der Waals surface area contributed by atoms with Gasteiger partial charge in [-0.25, -0.2) is 12.8 Å². The standard InChI is InChI=1S/C18H20ClFN2O4S/c1-4-22(5-2)27(24,25)12-9-10-16(26-3)15(11-12)21-18(23)17-13(19)7-6-8-14(17)20/h6-11H,4-5H2,1-3H3,(H,21,23). The highest BCUT2D eigenvalue weighted by Gasteiger charge is 2.24. The number of methoxy groups -OCH3 is 1. The Hall–Kier alpha value is -2.16. The summed E-state index contributed by atoms with van der Waals surface area (Å²) in [6, 6.07) is 7.97. The summed E-state index contributed by atoms with van der Waals surface area (Å²) >= 11 is 5.91. The molecule has 0 fully saturated rings. The van der Waals surface area contributed by atoms with Gasteiger partial charge in [-0.3, -0.25) is 4.79 Å². The molecule has 0 heterocycles. The van der Waals surface area contributed by atoms with Crippen LogP contribution in [0, 0.1) is 5.82 Å². The number of hydrogen-bond donors (Lipinski definition) is 1. The van der Waals surface area contributed by atoms with Crippen molar-refractivity contribution < 1.29 is 22.3 Å². The monoisotopic (exact) mass is 414 g/mol. The first-order valence-corrected chi connectivity index (χ1v) is 10.0. The van der Waals surface area contributed by atoms with Gasteiger partial charge in [0, 0.05) is 13.1 Å². The summed E-state index contributed by atoms with van der Waals surface area (Å²) < 4.78 is 45.8. The van der Waals surface area contributed by atoms with Gasteiger partial charge in [0.25, 0.3) is 5.91 Å². The Kier molecular flexibility index (Phi) is 6.80. The number of carbonyl (C=O) groups excluding carboxylic acids is 1. The first-order chi connectivity index (χ1) is 12.8. The van der Waals surface area contributed by atoms with E-state index in [1.54, 1.807) is 13.8 Å². The first-order valence-electron chi connectivity index (χ1n) is 8.19. The van der Waals surface area contributed by atoms with E-state index in [2.05, 4.69) is 5.32 Å². The van der Waals surface area contributed by atoms with Gasteiger partial charge in [-0.2, -0.15) is 4.31 Å². The third-order valence-corrected chi connectivity index (χ3v) is 6.31. The molecule has 0 spiro atoms. The summed E-state index contributed by atoms with van der Waals surface area (Å²) in [5.41, 5.74) is -0.242. The molecule has 0 atom stereocenters. The van der Waals surface area contributed by atoms with E-state index in [4.69, 9.17) is 16.3 Å². The lowest BCUT2D eigenvalue weighted by atomic mass is 10.2. The number of carbonyl (C=O) groups is 1. The second kappa shape index (κ2) is 8.69. The molecule has 1 amide bonds. The zero-order valence-electron chi connectivity index (χ0n) is 15.1. The maximum Gasteiger partial charge on any atom is 0.260 e. The zero-order chi connectivity index (χ0) is 20.2. The fraction of sp³-hybridized carbons (Fsp3) is 0.278. The van der Waals surface area contributed by atoms with Crippen molar-refractivity contribution in [1.29, 1.82) is 0 Å². The van der Waals surface area contributed by atoms with Gasteiger partial charge in [0.2, 0.25) is 10.0 Å². The van der Waals surface area contributed by atoms with Crippen LogP contribution in [0.1, 0.15) is 24.2 Å². The number of ether oxygens (including phenoxy) is 1. The SMILES string of the molecule is CCN(CC)S(=O)(=O)c1ccc(OC)c(NC(=O)c2c(F)cccc2Cl)c1. The van der Waals surface area contributed by atoms with Crippen molar-refractivity contribution in [2.45, 2.75) is 18.7 Å². The van der Waals surface area contributed by atoms with Gasteiger partial charge >= 0.3 is 0 Å². The highest BCUT2D eigenvalue weighted by molar-refractivity contribution is 7.89. The number of amides is 1. The molecular formula is C18H20ClFN2O4S. The van der Waals surface area contributed by atoms with Crippen molar-refractivity contribution in [2.24, 2.45) is 0 Å². The summed E-state index contributed by atoms with van der Waals surface area (Å²) in [6.45, 7) is 4.07. The molecule has 0 aliphatic carbocycles. The molecule has 0 aromatic heterocycles. The van der Waals surface area contributed by atoms with Crippen LogP contribution in [0.15, 0.2) is 41.3 Å². The van der Waals surface area contributed by atoms with Crippen LogP contribution >= 0.6 is 11.6 Å². The van der Waals surface area contributed by atoms with E-state index < -0.39 is 21.7 Å². The predicted octanol–water partition coefficient (Wildman–Crippen LogP) is 3.77. The van der Waals surface area contributed by atoms with E-state index >= 15 is 0 Å². The van der Waals surface area contributed by atoms with E-state index in [0.717, 1.165) is 6.07 Å². The van der Waals surface area contributed by atoms with E-state index in [1.165, 1.54) is 41.7 Å². The van der Waals surface area contributed by atoms with Crippen molar-refractivity contribution in [2.75, 3.05) is 25.5 Å². The van der Waals surface area contributed by atoms with E-state index in [9.17, 15) is 17.6 Å². The second-order valence-corrected chi connectivity index (χ2v) is 7.85. The van der Waals surface area contributed by atoms with Crippen LogP contribution in [0.25, 0.3) is 0 Å². The summed E-state index contributed by atoms with van der Waals surface area (Å²) in [7, 11) is -2.36. The Bertz CT molecular complexity index is 926. The van der Waals surface area contributed by atoms with Gasteiger partial charge in [-0.15, -0.1) is 0 Å². The van der Waals surface area contributed by atoms with Gasteiger partial charge in [-0.05, 0) is 30.3 Å². The summed E-state index contributed by atoms with van der Waals surface area (Å²) in [5.74, 6) is -1.37. The average molecular weight is 415 g/mol. The fourth-order valence-electron chi connectivity index (χ4n) is 2.56. The van der Waals surface area contributed by atoms with Gasteiger partial charge < -0.3 is 10.1 Å². The van der Waals surface area contributed by atoms with Gasteiger partial charge in [0.05, 0.1) is 28.3 Å². The zero-order valence-corrected chi connectivity index (χ0v) is 16.7. The quantitative estimate of drug-likeness (QED) is 0.748. The highest BCUT2D eigenvalue weighted by Crippen LogP contribution is 2.30. The summed E-state index contributed by atoms with van der Waals surface area (Å²) in [6.07, 6.45) is 0.